The lowest BCUT2D eigenvalue weighted by Crippen LogP contribution is -2.19. The van der Waals surface area contributed by atoms with Crippen molar-refractivity contribution in [2.75, 3.05) is 11.9 Å². The van der Waals surface area contributed by atoms with Crippen LogP contribution < -0.4 is 5.32 Å². The highest BCUT2D eigenvalue weighted by molar-refractivity contribution is 6.30. The second-order valence-corrected chi connectivity index (χ2v) is 3.89. The number of nitrogens with one attached hydrogen (secondary N) is 1. The van der Waals surface area contributed by atoms with Crippen molar-refractivity contribution in [2.24, 2.45) is 0 Å². The van der Waals surface area contributed by atoms with Gasteiger partial charge in [-0.1, -0.05) is 18.5 Å². The molecule has 0 radical (unpaired) electrons. The van der Waals surface area contributed by atoms with Gasteiger partial charge in [-0.25, -0.2) is 0 Å². The average molecular weight is 230 g/mol. The number of anilines is 1. The molecule has 0 saturated carbocycles. The van der Waals surface area contributed by atoms with Crippen LogP contribution >= 0.6 is 11.6 Å². The molecule has 0 amide bonds. The van der Waals surface area contributed by atoms with Gasteiger partial charge < -0.3 is 10.4 Å². The highest BCUT2D eigenvalue weighted by atomic mass is 35.5. The molecule has 1 heterocycles. The molecule has 0 bridgehead atoms. The lowest BCUT2D eigenvalue weighted by atomic mass is 10.2. The van der Waals surface area contributed by atoms with E-state index in [0.29, 0.717) is 23.9 Å². The summed E-state index contributed by atoms with van der Waals surface area (Å²) in [5, 5.41) is 20.6. The van der Waals surface area contributed by atoms with Crippen molar-refractivity contribution in [1.29, 1.82) is 0 Å². The Morgan fingerprint density at radius 1 is 1.33 bits per heavy atom. The third-order valence-corrected chi connectivity index (χ3v) is 2.80. The fraction of sp³-hybridized carbons (Fsp3) is 0.600. The van der Waals surface area contributed by atoms with Crippen molar-refractivity contribution in [3.05, 3.63) is 16.3 Å². The summed E-state index contributed by atoms with van der Waals surface area (Å²) >= 11 is 5.83. The number of aromatic nitrogens is 2. The van der Waals surface area contributed by atoms with Gasteiger partial charge in [0.05, 0.1) is 6.10 Å². The lowest BCUT2D eigenvalue weighted by molar-refractivity contribution is 0.183. The van der Waals surface area contributed by atoms with Gasteiger partial charge in [0, 0.05) is 6.54 Å². The minimum Gasteiger partial charge on any atom is -0.391 e. The van der Waals surface area contributed by atoms with E-state index < -0.39 is 0 Å². The molecular formula is C10H16ClN3O. The molecule has 84 valence electrons. The maximum atomic E-state index is 9.40. The predicted octanol–water partition coefficient (Wildman–Crippen LogP) is 1.93. The SMILES string of the molecule is CCC(O)CNc1nnc(Cl)c(C)c1C. The first kappa shape index (κ1) is 12.2. The van der Waals surface area contributed by atoms with Gasteiger partial charge in [-0.2, -0.15) is 0 Å². The fourth-order valence-electron chi connectivity index (χ4n) is 1.10. The van der Waals surface area contributed by atoms with Gasteiger partial charge >= 0.3 is 0 Å². The Balaban J connectivity index is 2.74. The van der Waals surface area contributed by atoms with Crippen LogP contribution in [0.4, 0.5) is 5.82 Å². The quantitative estimate of drug-likeness (QED) is 0.829. The van der Waals surface area contributed by atoms with Crippen molar-refractivity contribution in [3.8, 4) is 0 Å². The number of nitrogens with zero attached hydrogens (tertiary/aromatic N) is 2. The van der Waals surface area contributed by atoms with Crippen LogP contribution in [0.3, 0.4) is 0 Å². The third-order valence-electron chi connectivity index (χ3n) is 2.44. The van der Waals surface area contributed by atoms with Gasteiger partial charge in [0.2, 0.25) is 0 Å². The van der Waals surface area contributed by atoms with Crippen LogP contribution in [0.25, 0.3) is 0 Å². The molecule has 0 aliphatic rings. The van der Waals surface area contributed by atoms with Crippen LogP contribution in [0.15, 0.2) is 0 Å². The normalized spacial score (nSPS) is 12.6. The van der Waals surface area contributed by atoms with E-state index in [2.05, 4.69) is 15.5 Å². The van der Waals surface area contributed by atoms with E-state index in [1.54, 1.807) is 0 Å². The van der Waals surface area contributed by atoms with Crippen molar-refractivity contribution in [3.63, 3.8) is 0 Å². The van der Waals surface area contributed by atoms with Gasteiger partial charge in [-0.05, 0) is 31.4 Å². The van der Waals surface area contributed by atoms with E-state index in [1.807, 2.05) is 20.8 Å². The van der Waals surface area contributed by atoms with Crippen LogP contribution in [-0.4, -0.2) is 28.0 Å². The summed E-state index contributed by atoms with van der Waals surface area (Å²) < 4.78 is 0. The first-order chi connectivity index (χ1) is 7.06. The third kappa shape index (κ3) is 3.04. The number of halogens is 1. The molecule has 0 saturated heterocycles. The minimum atomic E-state index is -0.359. The van der Waals surface area contributed by atoms with E-state index >= 15 is 0 Å². The molecule has 5 heteroatoms. The van der Waals surface area contributed by atoms with Crippen molar-refractivity contribution < 1.29 is 5.11 Å². The van der Waals surface area contributed by atoms with E-state index in [1.165, 1.54) is 0 Å². The Kier molecular flexibility index (Phi) is 4.29. The molecule has 0 fully saturated rings. The van der Waals surface area contributed by atoms with E-state index in [9.17, 15) is 5.11 Å². The first-order valence-electron chi connectivity index (χ1n) is 4.97. The molecule has 15 heavy (non-hydrogen) atoms. The second kappa shape index (κ2) is 5.28. The molecular weight excluding hydrogens is 214 g/mol. The second-order valence-electron chi connectivity index (χ2n) is 3.53. The Labute approximate surface area is 94.7 Å². The zero-order valence-corrected chi connectivity index (χ0v) is 9.97. The van der Waals surface area contributed by atoms with Crippen molar-refractivity contribution >= 4 is 17.4 Å². The summed E-state index contributed by atoms with van der Waals surface area (Å²) in [6.07, 6.45) is 0.355. The van der Waals surface area contributed by atoms with Gasteiger partial charge in [0.1, 0.15) is 0 Å². The fourth-order valence-corrected chi connectivity index (χ4v) is 1.28. The number of hydrogen-bond acceptors (Lipinski definition) is 4. The highest BCUT2D eigenvalue weighted by Crippen LogP contribution is 2.20. The lowest BCUT2D eigenvalue weighted by Gasteiger charge is -2.12. The van der Waals surface area contributed by atoms with Crippen LogP contribution in [0.1, 0.15) is 24.5 Å². The molecule has 1 aromatic heterocycles. The monoisotopic (exact) mass is 229 g/mol. The van der Waals surface area contributed by atoms with E-state index in [-0.39, 0.29) is 6.10 Å². The summed E-state index contributed by atoms with van der Waals surface area (Å²) in [7, 11) is 0. The molecule has 4 nitrogen and oxygen atoms in total. The summed E-state index contributed by atoms with van der Waals surface area (Å²) in [4.78, 5) is 0. The maximum Gasteiger partial charge on any atom is 0.155 e. The molecule has 0 aliphatic heterocycles. The molecule has 1 rings (SSSR count). The average Bonchev–Trinajstić information content (AvgIpc) is 2.24. The summed E-state index contributed by atoms with van der Waals surface area (Å²) in [5.41, 5.74) is 1.89. The first-order valence-corrected chi connectivity index (χ1v) is 5.35. The Morgan fingerprint density at radius 2 is 2.00 bits per heavy atom. The molecule has 1 unspecified atom stereocenters. The summed E-state index contributed by atoms with van der Waals surface area (Å²) in [6, 6.07) is 0. The van der Waals surface area contributed by atoms with E-state index in [4.69, 9.17) is 11.6 Å². The molecule has 0 aromatic carbocycles. The Bertz CT molecular complexity index is 344. The van der Waals surface area contributed by atoms with Gasteiger partial charge in [0.15, 0.2) is 11.0 Å². The minimum absolute atomic E-state index is 0.359. The maximum absolute atomic E-state index is 9.40. The van der Waals surface area contributed by atoms with Crippen molar-refractivity contribution in [1.82, 2.24) is 10.2 Å². The van der Waals surface area contributed by atoms with Gasteiger partial charge in [-0.3, -0.25) is 0 Å². The van der Waals surface area contributed by atoms with Crippen LogP contribution in [0, 0.1) is 13.8 Å². The smallest absolute Gasteiger partial charge is 0.155 e. The van der Waals surface area contributed by atoms with Crippen LogP contribution in [0.2, 0.25) is 5.15 Å². The molecule has 1 aromatic rings. The van der Waals surface area contributed by atoms with Gasteiger partial charge in [-0.15, -0.1) is 10.2 Å². The Morgan fingerprint density at radius 3 is 2.60 bits per heavy atom. The predicted molar refractivity (Wildman–Crippen MR) is 61.3 cm³/mol. The zero-order valence-electron chi connectivity index (χ0n) is 9.21. The summed E-state index contributed by atoms with van der Waals surface area (Å²) in [6.45, 7) is 6.23. The zero-order chi connectivity index (χ0) is 11.4. The molecule has 1 atom stereocenters. The molecule has 0 aliphatic carbocycles. The number of aliphatic hydroxyl groups excluding tert-OH is 1. The topological polar surface area (TPSA) is 58.0 Å². The largest absolute Gasteiger partial charge is 0.391 e. The Hall–Kier alpha value is -0.870. The number of aliphatic hydroxyl groups is 1. The van der Waals surface area contributed by atoms with E-state index in [0.717, 1.165) is 11.1 Å². The number of hydrogen-bond donors (Lipinski definition) is 2. The summed E-state index contributed by atoms with van der Waals surface area (Å²) in [5.74, 6) is 0.685. The molecule has 0 spiro atoms. The van der Waals surface area contributed by atoms with Crippen molar-refractivity contribution in [2.45, 2.75) is 33.3 Å². The highest BCUT2D eigenvalue weighted by Gasteiger charge is 2.08. The van der Waals surface area contributed by atoms with Crippen LogP contribution in [0.5, 0.6) is 0 Å². The van der Waals surface area contributed by atoms with Crippen LogP contribution in [-0.2, 0) is 0 Å². The standard InChI is InChI=1S/C10H16ClN3O/c1-4-8(15)5-12-10-7(3)6(2)9(11)13-14-10/h8,15H,4-5H2,1-3H3,(H,12,14). The number of rotatable bonds is 4. The van der Waals surface area contributed by atoms with Gasteiger partial charge in [0.25, 0.3) is 0 Å². The molecule has 2 N–H and O–H groups in total.